The highest BCUT2D eigenvalue weighted by Crippen LogP contribution is 2.14. The van der Waals surface area contributed by atoms with Crippen molar-refractivity contribution in [2.75, 3.05) is 0 Å². The van der Waals surface area contributed by atoms with Crippen molar-refractivity contribution in [3.8, 4) is 0 Å². The van der Waals surface area contributed by atoms with E-state index in [9.17, 15) is 9.59 Å². The summed E-state index contributed by atoms with van der Waals surface area (Å²) in [5.41, 5.74) is 4.52. The molecule has 0 spiro atoms. The fourth-order valence-electron chi connectivity index (χ4n) is 2.57. The lowest BCUT2D eigenvalue weighted by Gasteiger charge is -2.19. The van der Waals surface area contributed by atoms with Crippen molar-refractivity contribution in [1.29, 1.82) is 0 Å². The molecule has 1 unspecified atom stereocenters. The van der Waals surface area contributed by atoms with E-state index in [4.69, 9.17) is 4.84 Å². The molecule has 2 amide bonds. The van der Waals surface area contributed by atoms with Crippen molar-refractivity contribution in [3.05, 3.63) is 108 Å². The molecular formula is C22H20N2O3. The summed E-state index contributed by atoms with van der Waals surface area (Å²) in [7, 11) is 0. The average molecular weight is 360 g/mol. The molecule has 3 aromatic carbocycles. The van der Waals surface area contributed by atoms with Crippen LogP contribution in [0.4, 0.5) is 0 Å². The molecule has 5 heteroatoms. The summed E-state index contributed by atoms with van der Waals surface area (Å²) in [5.74, 6) is -0.774. The number of carbonyl (C=O) groups is 2. The molecule has 3 aromatic rings. The summed E-state index contributed by atoms with van der Waals surface area (Å²) < 4.78 is 0. The average Bonchev–Trinajstić information content (AvgIpc) is 2.74. The summed E-state index contributed by atoms with van der Waals surface area (Å²) in [6.45, 7) is 0.237. The van der Waals surface area contributed by atoms with E-state index in [1.165, 1.54) is 0 Å². The van der Waals surface area contributed by atoms with E-state index in [2.05, 4.69) is 10.8 Å². The monoisotopic (exact) mass is 360 g/mol. The predicted molar refractivity (Wildman–Crippen MR) is 102 cm³/mol. The number of benzene rings is 3. The van der Waals surface area contributed by atoms with Crippen LogP contribution in [0, 0.1) is 0 Å². The van der Waals surface area contributed by atoms with Crippen LogP contribution in [0.2, 0.25) is 0 Å². The number of amides is 2. The lowest BCUT2D eigenvalue weighted by Crippen LogP contribution is -2.40. The van der Waals surface area contributed by atoms with Crippen molar-refractivity contribution in [1.82, 2.24) is 10.8 Å². The summed E-state index contributed by atoms with van der Waals surface area (Å²) >= 11 is 0. The molecule has 0 saturated heterocycles. The van der Waals surface area contributed by atoms with Gasteiger partial charge in [-0.1, -0.05) is 78.9 Å². The second kappa shape index (κ2) is 9.31. The first kappa shape index (κ1) is 18.4. The largest absolute Gasteiger partial charge is 0.336 e. The van der Waals surface area contributed by atoms with Gasteiger partial charge < -0.3 is 5.32 Å². The third kappa shape index (κ3) is 5.26. The van der Waals surface area contributed by atoms with Crippen molar-refractivity contribution in [2.24, 2.45) is 0 Å². The molecule has 0 radical (unpaired) electrons. The normalized spacial score (nSPS) is 11.4. The minimum absolute atomic E-state index is 0.237. The molecule has 0 saturated carbocycles. The van der Waals surface area contributed by atoms with Crippen molar-refractivity contribution >= 4 is 11.8 Å². The molecule has 1 atom stereocenters. The quantitative estimate of drug-likeness (QED) is 0.635. The van der Waals surface area contributed by atoms with E-state index >= 15 is 0 Å². The van der Waals surface area contributed by atoms with Crippen LogP contribution in [-0.4, -0.2) is 11.8 Å². The van der Waals surface area contributed by atoms with Gasteiger partial charge in [0, 0.05) is 5.56 Å². The molecule has 0 aliphatic rings. The Morgan fingerprint density at radius 1 is 0.778 bits per heavy atom. The van der Waals surface area contributed by atoms with Gasteiger partial charge in [0.05, 0.1) is 6.61 Å². The van der Waals surface area contributed by atoms with Gasteiger partial charge in [-0.15, -0.1) is 0 Å². The maximum Gasteiger partial charge on any atom is 0.270 e. The Kier molecular flexibility index (Phi) is 6.33. The number of carbonyl (C=O) groups excluding carboxylic acids is 2. The van der Waals surface area contributed by atoms with Crippen LogP contribution < -0.4 is 10.8 Å². The Balaban J connectivity index is 1.68. The van der Waals surface area contributed by atoms with E-state index in [1.54, 1.807) is 36.4 Å². The summed E-state index contributed by atoms with van der Waals surface area (Å²) in [6, 6.07) is 26.5. The molecular weight excluding hydrogens is 340 g/mol. The van der Waals surface area contributed by atoms with Crippen LogP contribution in [0.1, 0.15) is 27.5 Å². The van der Waals surface area contributed by atoms with Crippen molar-refractivity contribution in [2.45, 2.75) is 12.6 Å². The first-order chi connectivity index (χ1) is 13.2. The fourth-order valence-corrected chi connectivity index (χ4v) is 2.57. The van der Waals surface area contributed by atoms with Crippen LogP contribution >= 0.6 is 0 Å². The van der Waals surface area contributed by atoms with Crippen LogP contribution in [0.3, 0.4) is 0 Å². The van der Waals surface area contributed by atoms with Crippen molar-refractivity contribution < 1.29 is 14.4 Å². The Morgan fingerprint density at radius 2 is 1.33 bits per heavy atom. The molecule has 0 fully saturated rings. The summed E-state index contributed by atoms with van der Waals surface area (Å²) in [5, 5.41) is 2.77. The van der Waals surface area contributed by atoms with Crippen LogP contribution in [0.25, 0.3) is 0 Å². The van der Waals surface area contributed by atoms with E-state index in [0.29, 0.717) is 11.1 Å². The number of hydrogen-bond acceptors (Lipinski definition) is 3. The highest BCUT2D eigenvalue weighted by atomic mass is 16.6. The maximum absolute atomic E-state index is 12.6. The van der Waals surface area contributed by atoms with Gasteiger partial charge in [-0.05, 0) is 23.3 Å². The summed E-state index contributed by atoms with van der Waals surface area (Å²) in [4.78, 5) is 30.5. The number of hydrogen-bond donors (Lipinski definition) is 2. The zero-order valence-corrected chi connectivity index (χ0v) is 14.7. The second-order valence-corrected chi connectivity index (χ2v) is 5.92. The van der Waals surface area contributed by atoms with E-state index in [1.807, 2.05) is 54.6 Å². The fraction of sp³-hybridized carbons (Fsp3) is 0.0909. The van der Waals surface area contributed by atoms with Gasteiger partial charge in [-0.2, -0.15) is 0 Å². The Bertz CT molecular complexity index is 868. The third-order valence-electron chi connectivity index (χ3n) is 3.96. The molecule has 0 heterocycles. The molecule has 3 rings (SSSR count). The topological polar surface area (TPSA) is 67.4 Å². The van der Waals surface area contributed by atoms with Crippen LogP contribution in [0.5, 0.6) is 0 Å². The molecule has 0 bridgehead atoms. The molecule has 27 heavy (non-hydrogen) atoms. The van der Waals surface area contributed by atoms with Gasteiger partial charge in [0.2, 0.25) is 0 Å². The molecule has 2 N–H and O–H groups in total. The minimum atomic E-state index is -0.866. The van der Waals surface area contributed by atoms with Gasteiger partial charge in [0.25, 0.3) is 11.8 Å². The second-order valence-electron chi connectivity index (χ2n) is 5.92. The smallest absolute Gasteiger partial charge is 0.270 e. The Labute approximate surface area is 157 Å². The standard InChI is InChI=1S/C22H20N2O3/c25-21(19-14-8-3-9-15-19)23-20(18-12-6-2-7-13-18)22(26)24-27-16-17-10-4-1-5-11-17/h1-15,20H,16H2,(H,23,25)(H,24,26). The molecule has 0 aromatic heterocycles. The van der Waals surface area contributed by atoms with Gasteiger partial charge in [0.1, 0.15) is 6.04 Å². The van der Waals surface area contributed by atoms with E-state index < -0.39 is 11.9 Å². The van der Waals surface area contributed by atoms with E-state index in [0.717, 1.165) is 5.56 Å². The molecule has 0 aliphatic carbocycles. The van der Waals surface area contributed by atoms with Crippen LogP contribution in [0.15, 0.2) is 91.0 Å². The van der Waals surface area contributed by atoms with Crippen LogP contribution in [-0.2, 0) is 16.2 Å². The van der Waals surface area contributed by atoms with Gasteiger partial charge >= 0.3 is 0 Å². The third-order valence-corrected chi connectivity index (χ3v) is 3.96. The Hall–Kier alpha value is -3.44. The SMILES string of the molecule is O=C(NC(C(=O)NOCc1ccccc1)c1ccccc1)c1ccccc1. The maximum atomic E-state index is 12.6. The van der Waals surface area contributed by atoms with E-state index in [-0.39, 0.29) is 12.5 Å². The minimum Gasteiger partial charge on any atom is -0.336 e. The number of nitrogens with one attached hydrogen (secondary N) is 2. The first-order valence-electron chi connectivity index (χ1n) is 8.60. The van der Waals surface area contributed by atoms with Gasteiger partial charge in [-0.25, -0.2) is 5.48 Å². The number of hydroxylamine groups is 1. The predicted octanol–water partition coefficient (Wildman–Crippen LogP) is 3.41. The number of rotatable bonds is 7. The lowest BCUT2D eigenvalue weighted by molar-refractivity contribution is -0.136. The molecule has 5 nitrogen and oxygen atoms in total. The zero-order valence-electron chi connectivity index (χ0n) is 14.7. The molecule has 0 aliphatic heterocycles. The first-order valence-corrected chi connectivity index (χ1v) is 8.60. The highest BCUT2D eigenvalue weighted by Gasteiger charge is 2.23. The van der Waals surface area contributed by atoms with Crippen molar-refractivity contribution in [3.63, 3.8) is 0 Å². The Morgan fingerprint density at radius 3 is 1.96 bits per heavy atom. The lowest BCUT2D eigenvalue weighted by atomic mass is 10.1. The molecule has 136 valence electrons. The zero-order chi connectivity index (χ0) is 18.9. The highest BCUT2D eigenvalue weighted by molar-refractivity contribution is 5.97. The van der Waals surface area contributed by atoms with Gasteiger partial charge in [-0.3, -0.25) is 14.4 Å². The van der Waals surface area contributed by atoms with Gasteiger partial charge in [0.15, 0.2) is 0 Å². The summed E-state index contributed by atoms with van der Waals surface area (Å²) in [6.07, 6.45) is 0.